The number of hydrogen-bond donors (Lipinski definition) is 0. The number of likely N-dealkylation sites (tertiary alicyclic amines) is 1. The Morgan fingerprint density at radius 3 is 2.78 bits per heavy atom. The third-order valence-corrected chi connectivity index (χ3v) is 1.65. The maximum absolute atomic E-state index is 10.8. The van der Waals surface area contributed by atoms with Crippen molar-refractivity contribution in [2.45, 2.75) is 13.3 Å². The third kappa shape index (κ3) is 1.79. The zero-order valence-electron chi connectivity index (χ0n) is 6.05. The lowest BCUT2D eigenvalue weighted by Gasteiger charge is -2.25. The minimum atomic E-state index is 0.385. The fourth-order valence-corrected chi connectivity index (χ4v) is 1.42. The van der Waals surface area contributed by atoms with Gasteiger partial charge < -0.3 is 0 Å². The van der Waals surface area contributed by atoms with Gasteiger partial charge in [0.2, 0.25) is 0 Å². The number of piperidine rings is 1. The molecular formula is C7H13NO. The summed E-state index contributed by atoms with van der Waals surface area (Å²) in [4.78, 5) is 12.9. The van der Waals surface area contributed by atoms with Crippen molar-refractivity contribution in [3.05, 3.63) is 0 Å². The van der Waals surface area contributed by atoms with Gasteiger partial charge in [-0.15, -0.1) is 0 Å². The number of carbonyl (C=O) groups is 1. The Balaban J connectivity index is 2.43. The Kier molecular flexibility index (Phi) is 1.86. The molecular weight excluding hydrogens is 114 g/mol. The lowest BCUT2D eigenvalue weighted by atomic mass is 10.0. The number of ketones is 1. The monoisotopic (exact) mass is 127 g/mol. The van der Waals surface area contributed by atoms with Crippen molar-refractivity contribution in [2.24, 2.45) is 5.92 Å². The molecule has 0 bridgehead atoms. The van der Waals surface area contributed by atoms with Gasteiger partial charge in [-0.3, -0.25) is 9.69 Å². The first kappa shape index (κ1) is 6.75. The van der Waals surface area contributed by atoms with Gasteiger partial charge >= 0.3 is 0 Å². The normalized spacial score (nSPS) is 30.9. The molecule has 1 rings (SSSR count). The molecule has 0 spiro atoms. The average Bonchev–Trinajstić information content (AvgIpc) is 1.59. The van der Waals surface area contributed by atoms with Crippen LogP contribution in [0, 0.1) is 5.92 Å². The van der Waals surface area contributed by atoms with Gasteiger partial charge in [0.25, 0.3) is 0 Å². The summed E-state index contributed by atoms with van der Waals surface area (Å²) in [6.45, 7) is 3.85. The molecule has 1 atom stereocenters. The van der Waals surface area contributed by atoms with Crippen LogP contribution in [0.15, 0.2) is 0 Å². The highest BCUT2D eigenvalue weighted by molar-refractivity contribution is 5.81. The van der Waals surface area contributed by atoms with Crippen LogP contribution in [-0.4, -0.2) is 30.8 Å². The van der Waals surface area contributed by atoms with Crippen LogP contribution >= 0.6 is 0 Å². The molecule has 1 heterocycles. The van der Waals surface area contributed by atoms with Crippen molar-refractivity contribution in [1.29, 1.82) is 0 Å². The molecule has 52 valence electrons. The largest absolute Gasteiger partial charge is 0.299 e. The van der Waals surface area contributed by atoms with Crippen molar-refractivity contribution >= 4 is 5.78 Å². The van der Waals surface area contributed by atoms with Gasteiger partial charge in [-0.05, 0) is 13.0 Å². The minimum Gasteiger partial charge on any atom is -0.299 e. The lowest BCUT2D eigenvalue weighted by Crippen LogP contribution is -2.36. The van der Waals surface area contributed by atoms with E-state index in [0.717, 1.165) is 13.0 Å². The van der Waals surface area contributed by atoms with Crippen LogP contribution in [0.25, 0.3) is 0 Å². The van der Waals surface area contributed by atoms with E-state index in [4.69, 9.17) is 0 Å². The van der Waals surface area contributed by atoms with Crippen LogP contribution in [-0.2, 0) is 4.79 Å². The number of nitrogens with zero attached hydrogens (tertiary/aromatic N) is 1. The van der Waals surface area contributed by atoms with Crippen LogP contribution < -0.4 is 0 Å². The van der Waals surface area contributed by atoms with E-state index in [1.165, 1.54) is 0 Å². The molecule has 1 aliphatic rings. The molecule has 2 heteroatoms. The molecule has 1 saturated heterocycles. The second-order valence-corrected chi connectivity index (χ2v) is 3.04. The van der Waals surface area contributed by atoms with Gasteiger partial charge in [0.1, 0.15) is 5.78 Å². The molecule has 0 radical (unpaired) electrons. The Morgan fingerprint density at radius 1 is 1.67 bits per heavy atom. The quantitative estimate of drug-likeness (QED) is 0.473. The lowest BCUT2D eigenvalue weighted by molar-refractivity contribution is -0.123. The summed E-state index contributed by atoms with van der Waals surface area (Å²) in [7, 11) is 1.99. The van der Waals surface area contributed by atoms with Gasteiger partial charge in [0.15, 0.2) is 0 Å². The van der Waals surface area contributed by atoms with Gasteiger partial charge in [-0.25, -0.2) is 0 Å². The van der Waals surface area contributed by atoms with Crippen molar-refractivity contribution in [1.82, 2.24) is 4.90 Å². The first-order chi connectivity index (χ1) is 4.18. The average molecular weight is 127 g/mol. The van der Waals surface area contributed by atoms with E-state index in [1.807, 2.05) is 7.05 Å². The fraction of sp³-hybridized carbons (Fsp3) is 0.857. The summed E-state index contributed by atoms with van der Waals surface area (Å²) < 4.78 is 0. The highest BCUT2D eigenvalue weighted by Crippen LogP contribution is 2.10. The summed E-state index contributed by atoms with van der Waals surface area (Å²) in [6.07, 6.45) is 0.782. The van der Waals surface area contributed by atoms with Crippen LogP contribution in [0.1, 0.15) is 13.3 Å². The predicted octanol–water partition coefficient (Wildman–Crippen LogP) is 0.527. The van der Waals surface area contributed by atoms with Crippen molar-refractivity contribution < 1.29 is 4.79 Å². The summed E-state index contributed by atoms with van der Waals surface area (Å²) in [5, 5.41) is 0. The minimum absolute atomic E-state index is 0.385. The molecule has 0 saturated carbocycles. The molecule has 1 unspecified atom stereocenters. The second-order valence-electron chi connectivity index (χ2n) is 3.04. The molecule has 0 N–H and O–H groups in total. The van der Waals surface area contributed by atoms with E-state index in [1.54, 1.807) is 0 Å². The van der Waals surface area contributed by atoms with Crippen molar-refractivity contribution in [3.63, 3.8) is 0 Å². The molecule has 0 aromatic carbocycles. The maximum atomic E-state index is 10.8. The van der Waals surface area contributed by atoms with Gasteiger partial charge in [0.05, 0.1) is 6.54 Å². The summed E-state index contributed by atoms with van der Waals surface area (Å²) >= 11 is 0. The Bertz CT molecular complexity index is 110. The first-order valence-corrected chi connectivity index (χ1v) is 3.38. The van der Waals surface area contributed by atoms with E-state index < -0.39 is 0 Å². The smallest absolute Gasteiger partial charge is 0.147 e. The molecule has 0 amide bonds. The van der Waals surface area contributed by atoms with Crippen LogP contribution in [0.3, 0.4) is 0 Å². The molecule has 1 fully saturated rings. The molecule has 0 aromatic rings. The maximum Gasteiger partial charge on any atom is 0.147 e. The van der Waals surface area contributed by atoms with Crippen molar-refractivity contribution in [3.8, 4) is 0 Å². The Labute approximate surface area is 55.8 Å². The van der Waals surface area contributed by atoms with Gasteiger partial charge in [-0.2, -0.15) is 0 Å². The van der Waals surface area contributed by atoms with E-state index in [-0.39, 0.29) is 0 Å². The highest BCUT2D eigenvalue weighted by atomic mass is 16.1. The van der Waals surface area contributed by atoms with Gasteiger partial charge in [0, 0.05) is 13.0 Å². The predicted molar refractivity (Wildman–Crippen MR) is 36.3 cm³/mol. The Morgan fingerprint density at radius 2 is 2.33 bits per heavy atom. The van der Waals surface area contributed by atoms with E-state index in [9.17, 15) is 4.79 Å². The SMILES string of the molecule is CC1CC(=O)CN(C)C1. The molecule has 0 aliphatic carbocycles. The number of Topliss-reactive ketones (excluding diaryl/α,β-unsaturated/α-hetero) is 1. The highest BCUT2D eigenvalue weighted by Gasteiger charge is 2.18. The summed E-state index contributed by atoms with van der Waals surface area (Å²) in [5.41, 5.74) is 0. The van der Waals surface area contributed by atoms with Crippen LogP contribution in [0.5, 0.6) is 0 Å². The number of rotatable bonds is 0. The van der Waals surface area contributed by atoms with E-state index in [0.29, 0.717) is 18.2 Å². The molecule has 0 aromatic heterocycles. The fourth-order valence-electron chi connectivity index (χ4n) is 1.42. The van der Waals surface area contributed by atoms with Gasteiger partial charge in [-0.1, -0.05) is 6.92 Å². The number of likely N-dealkylation sites (N-methyl/N-ethyl adjacent to an activating group) is 1. The van der Waals surface area contributed by atoms with E-state index in [2.05, 4.69) is 11.8 Å². The zero-order chi connectivity index (χ0) is 6.85. The summed E-state index contributed by atoms with van der Waals surface area (Å²) in [6, 6.07) is 0. The van der Waals surface area contributed by atoms with Crippen LogP contribution in [0.2, 0.25) is 0 Å². The Hall–Kier alpha value is -0.370. The van der Waals surface area contributed by atoms with E-state index >= 15 is 0 Å². The standard InChI is InChI=1S/C7H13NO/c1-6-3-7(9)5-8(2)4-6/h6H,3-5H2,1-2H3. The molecule has 2 nitrogen and oxygen atoms in total. The topological polar surface area (TPSA) is 20.3 Å². The zero-order valence-corrected chi connectivity index (χ0v) is 6.05. The van der Waals surface area contributed by atoms with Crippen molar-refractivity contribution in [2.75, 3.05) is 20.1 Å². The first-order valence-electron chi connectivity index (χ1n) is 3.38. The second kappa shape index (κ2) is 2.48. The summed E-state index contributed by atoms with van der Waals surface area (Å²) in [5.74, 6) is 0.951. The molecule has 9 heavy (non-hydrogen) atoms. The molecule has 1 aliphatic heterocycles. The van der Waals surface area contributed by atoms with Crippen LogP contribution in [0.4, 0.5) is 0 Å². The number of carbonyl (C=O) groups excluding carboxylic acids is 1. The third-order valence-electron chi connectivity index (χ3n) is 1.65. The number of hydrogen-bond acceptors (Lipinski definition) is 2.